The first-order valence-electron chi connectivity index (χ1n) is 6.36. The fourth-order valence-electron chi connectivity index (χ4n) is 2.11. The molecule has 8 heteroatoms. The van der Waals surface area contributed by atoms with Crippen molar-refractivity contribution in [3.8, 4) is 0 Å². The average molecular weight is 266 g/mol. The number of nitrogens with two attached hydrogens (primary N) is 1. The number of H-pyrrole nitrogens is 1. The lowest BCUT2D eigenvalue weighted by Gasteiger charge is -2.21. The molecule has 1 aromatic heterocycles. The smallest absolute Gasteiger partial charge is 0.291 e. The van der Waals surface area contributed by atoms with E-state index in [1.54, 1.807) is 9.80 Å². The van der Waals surface area contributed by atoms with E-state index in [9.17, 15) is 9.59 Å². The summed E-state index contributed by atoms with van der Waals surface area (Å²) in [4.78, 5) is 31.1. The molecule has 1 fully saturated rings. The first-order valence-corrected chi connectivity index (χ1v) is 6.36. The zero-order valence-electron chi connectivity index (χ0n) is 10.9. The van der Waals surface area contributed by atoms with E-state index >= 15 is 0 Å². The van der Waals surface area contributed by atoms with Crippen LogP contribution in [0, 0.1) is 0 Å². The summed E-state index contributed by atoms with van der Waals surface area (Å²) < 4.78 is 0. The molecule has 1 saturated heterocycles. The maximum atomic E-state index is 12.1. The zero-order valence-corrected chi connectivity index (χ0v) is 10.9. The number of anilines is 1. The lowest BCUT2D eigenvalue weighted by Crippen LogP contribution is -2.37. The molecule has 0 spiro atoms. The zero-order chi connectivity index (χ0) is 13.8. The molecule has 0 saturated carbocycles. The Bertz CT molecular complexity index is 472. The molecule has 1 aromatic rings. The predicted molar refractivity (Wildman–Crippen MR) is 68.2 cm³/mol. The van der Waals surface area contributed by atoms with Crippen LogP contribution in [0.4, 0.5) is 5.95 Å². The second-order valence-electron chi connectivity index (χ2n) is 4.42. The molecular weight excluding hydrogens is 248 g/mol. The summed E-state index contributed by atoms with van der Waals surface area (Å²) in [5.41, 5.74) is 5.38. The summed E-state index contributed by atoms with van der Waals surface area (Å²) in [5, 5.41) is 6.15. The average Bonchev–Trinajstić information content (AvgIpc) is 2.71. The number of carbonyl (C=O) groups is 2. The number of hydrogen-bond donors (Lipinski definition) is 2. The number of nitrogens with zero attached hydrogens (tertiary/aromatic N) is 4. The van der Waals surface area contributed by atoms with Crippen molar-refractivity contribution in [1.29, 1.82) is 0 Å². The second-order valence-corrected chi connectivity index (χ2v) is 4.42. The molecule has 19 heavy (non-hydrogen) atoms. The summed E-state index contributed by atoms with van der Waals surface area (Å²) in [6.45, 7) is 4.20. The minimum Gasteiger partial charge on any atom is -0.366 e. The van der Waals surface area contributed by atoms with Crippen molar-refractivity contribution >= 4 is 17.8 Å². The van der Waals surface area contributed by atoms with Gasteiger partial charge >= 0.3 is 0 Å². The van der Waals surface area contributed by atoms with Gasteiger partial charge in [-0.05, 0) is 6.42 Å². The van der Waals surface area contributed by atoms with Crippen molar-refractivity contribution in [2.24, 2.45) is 0 Å². The number of rotatable bonds is 2. The maximum absolute atomic E-state index is 12.1. The van der Waals surface area contributed by atoms with Crippen LogP contribution >= 0.6 is 0 Å². The number of nitrogens with one attached hydrogen (secondary N) is 1. The number of aromatic nitrogens is 3. The summed E-state index contributed by atoms with van der Waals surface area (Å²) in [5.74, 6) is 0.0990. The van der Waals surface area contributed by atoms with E-state index in [-0.39, 0.29) is 23.6 Å². The highest BCUT2D eigenvalue weighted by atomic mass is 16.2. The van der Waals surface area contributed by atoms with Crippen LogP contribution in [-0.2, 0) is 4.79 Å². The Morgan fingerprint density at radius 2 is 1.95 bits per heavy atom. The van der Waals surface area contributed by atoms with Crippen LogP contribution in [0.3, 0.4) is 0 Å². The number of hydrogen-bond acceptors (Lipinski definition) is 5. The van der Waals surface area contributed by atoms with E-state index < -0.39 is 0 Å². The Labute approximate surface area is 111 Å². The van der Waals surface area contributed by atoms with Crippen molar-refractivity contribution in [2.45, 2.75) is 19.8 Å². The van der Waals surface area contributed by atoms with E-state index in [4.69, 9.17) is 5.73 Å². The minimum absolute atomic E-state index is 0.0564. The molecule has 2 heterocycles. The molecule has 0 atom stereocenters. The van der Waals surface area contributed by atoms with Gasteiger partial charge in [0.2, 0.25) is 17.7 Å². The van der Waals surface area contributed by atoms with Crippen LogP contribution in [0.5, 0.6) is 0 Å². The molecule has 104 valence electrons. The largest absolute Gasteiger partial charge is 0.366 e. The van der Waals surface area contributed by atoms with Gasteiger partial charge in [-0.3, -0.25) is 14.7 Å². The Kier molecular flexibility index (Phi) is 3.98. The Morgan fingerprint density at radius 3 is 2.58 bits per heavy atom. The highest BCUT2D eigenvalue weighted by Gasteiger charge is 2.23. The molecule has 8 nitrogen and oxygen atoms in total. The van der Waals surface area contributed by atoms with E-state index in [0.29, 0.717) is 32.6 Å². The lowest BCUT2D eigenvalue weighted by atomic mass is 10.3. The Morgan fingerprint density at radius 1 is 1.26 bits per heavy atom. The van der Waals surface area contributed by atoms with Crippen molar-refractivity contribution < 1.29 is 9.59 Å². The van der Waals surface area contributed by atoms with E-state index in [2.05, 4.69) is 15.2 Å². The summed E-state index contributed by atoms with van der Waals surface area (Å²) >= 11 is 0. The molecule has 0 aromatic carbocycles. The Hall–Kier alpha value is -2.12. The van der Waals surface area contributed by atoms with Crippen LogP contribution < -0.4 is 5.73 Å². The third-order valence-electron chi connectivity index (χ3n) is 3.14. The van der Waals surface area contributed by atoms with E-state index in [1.165, 1.54) is 0 Å². The molecule has 1 aliphatic heterocycles. The van der Waals surface area contributed by atoms with Crippen LogP contribution in [0.1, 0.15) is 30.4 Å². The predicted octanol–water partition coefficient (Wildman–Crippen LogP) is -0.529. The van der Waals surface area contributed by atoms with Crippen LogP contribution in [-0.4, -0.2) is 63.0 Å². The van der Waals surface area contributed by atoms with Crippen LogP contribution in [0.15, 0.2) is 0 Å². The van der Waals surface area contributed by atoms with Gasteiger partial charge in [-0.15, -0.1) is 5.10 Å². The van der Waals surface area contributed by atoms with Gasteiger partial charge in [0.15, 0.2) is 0 Å². The molecule has 2 amide bonds. The second kappa shape index (κ2) is 5.68. The topological polar surface area (TPSA) is 108 Å². The van der Waals surface area contributed by atoms with Gasteiger partial charge in [-0.1, -0.05) is 6.92 Å². The highest BCUT2D eigenvalue weighted by molar-refractivity contribution is 5.90. The van der Waals surface area contributed by atoms with Crippen molar-refractivity contribution in [3.63, 3.8) is 0 Å². The van der Waals surface area contributed by atoms with Gasteiger partial charge in [-0.25, -0.2) is 0 Å². The van der Waals surface area contributed by atoms with E-state index in [1.807, 2.05) is 6.92 Å². The number of carbonyl (C=O) groups excluding carboxylic acids is 2. The summed E-state index contributed by atoms with van der Waals surface area (Å²) in [6.07, 6.45) is 1.26. The van der Waals surface area contributed by atoms with Crippen LogP contribution in [0.2, 0.25) is 0 Å². The first kappa shape index (κ1) is 13.3. The van der Waals surface area contributed by atoms with Crippen molar-refractivity contribution in [1.82, 2.24) is 25.0 Å². The van der Waals surface area contributed by atoms with Crippen molar-refractivity contribution in [3.05, 3.63) is 5.82 Å². The molecule has 0 radical (unpaired) electrons. The quantitative estimate of drug-likeness (QED) is 0.748. The van der Waals surface area contributed by atoms with Crippen LogP contribution in [0.25, 0.3) is 0 Å². The van der Waals surface area contributed by atoms with Gasteiger partial charge in [-0.2, -0.15) is 4.98 Å². The SMILES string of the molecule is CCC(=O)N1CCCN(C(=O)c2nc(N)n[nH]2)CC1. The monoisotopic (exact) mass is 266 g/mol. The van der Waals surface area contributed by atoms with Crippen molar-refractivity contribution in [2.75, 3.05) is 31.9 Å². The van der Waals surface area contributed by atoms with E-state index in [0.717, 1.165) is 6.42 Å². The third-order valence-corrected chi connectivity index (χ3v) is 3.14. The molecule has 0 bridgehead atoms. The number of amides is 2. The van der Waals surface area contributed by atoms with Gasteiger partial charge < -0.3 is 15.5 Å². The normalized spacial score (nSPS) is 16.3. The first-order chi connectivity index (χ1) is 9.11. The molecule has 0 unspecified atom stereocenters. The molecule has 0 aliphatic carbocycles. The van der Waals surface area contributed by atoms with Gasteiger partial charge in [0.25, 0.3) is 5.91 Å². The number of nitrogen functional groups attached to an aromatic ring is 1. The fraction of sp³-hybridized carbons (Fsp3) is 0.636. The highest BCUT2D eigenvalue weighted by Crippen LogP contribution is 2.08. The lowest BCUT2D eigenvalue weighted by molar-refractivity contribution is -0.130. The molecule has 1 aliphatic rings. The summed E-state index contributed by atoms with van der Waals surface area (Å²) in [6, 6.07) is 0. The third kappa shape index (κ3) is 3.01. The van der Waals surface area contributed by atoms with Gasteiger partial charge in [0.05, 0.1) is 0 Å². The summed E-state index contributed by atoms with van der Waals surface area (Å²) in [7, 11) is 0. The fourth-order valence-corrected chi connectivity index (χ4v) is 2.11. The molecule has 2 rings (SSSR count). The molecule has 3 N–H and O–H groups in total. The minimum atomic E-state index is -0.227. The van der Waals surface area contributed by atoms with Gasteiger partial charge in [0.1, 0.15) is 0 Å². The molecular formula is C11H18N6O2. The Balaban J connectivity index is 1.99. The number of aromatic amines is 1. The van der Waals surface area contributed by atoms with Gasteiger partial charge in [0, 0.05) is 32.6 Å². The standard InChI is InChI=1S/C11H18N6O2/c1-2-8(18)16-4-3-5-17(7-6-16)10(19)9-13-11(12)15-14-9/h2-7H2,1H3,(H3,12,13,14,15). The maximum Gasteiger partial charge on any atom is 0.291 e.